The molecule has 1 aromatic heterocycles. The summed E-state index contributed by atoms with van der Waals surface area (Å²) < 4.78 is 0. The van der Waals surface area contributed by atoms with Gasteiger partial charge in [0.1, 0.15) is 0 Å². The molecule has 0 spiro atoms. The lowest BCUT2D eigenvalue weighted by Gasteiger charge is -2.17. The van der Waals surface area contributed by atoms with Gasteiger partial charge in [-0.1, -0.05) is 18.2 Å². The lowest BCUT2D eigenvalue weighted by atomic mass is 9.97. The molecule has 1 aromatic carbocycles. The molecule has 2 nitrogen and oxygen atoms in total. The first kappa shape index (κ1) is 13.8. The Morgan fingerprint density at radius 2 is 1.84 bits per heavy atom. The second-order valence-electron chi connectivity index (χ2n) is 5.19. The van der Waals surface area contributed by atoms with Crippen LogP contribution in [0, 0.1) is 20.8 Å². The molecule has 1 heterocycles. The van der Waals surface area contributed by atoms with Crippen LogP contribution in [0.2, 0.25) is 0 Å². The quantitative estimate of drug-likeness (QED) is 0.903. The number of hydrogen-bond acceptors (Lipinski definition) is 2. The maximum Gasteiger partial charge on any atom is 0.0375 e. The van der Waals surface area contributed by atoms with Crippen molar-refractivity contribution in [2.24, 2.45) is 0 Å². The van der Waals surface area contributed by atoms with E-state index < -0.39 is 0 Å². The van der Waals surface area contributed by atoms with E-state index in [0.717, 1.165) is 12.1 Å². The molecule has 0 bridgehead atoms. The third-order valence-corrected chi connectivity index (χ3v) is 3.68. The molecule has 19 heavy (non-hydrogen) atoms. The number of nitrogens with one attached hydrogen (secondary N) is 1. The average molecular weight is 254 g/mol. The molecular weight excluding hydrogens is 232 g/mol. The number of rotatable bonds is 4. The first-order valence-electron chi connectivity index (χ1n) is 6.76. The lowest BCUT2D eigenvalue weighted by molar-refractivity contribution is 0.590. The highest BCUT2D eigenvalue weighted by atomic mass is 14.9. The van der Waals surface area contributed by atoms with Crippen LogP contribution in [0.1, 0.15) is 34.0 Å². The van der Waals surface area contributed by atoms with E-state index in [1.54, 1.807) is 0 Å². The fraction of sp³-hybridized carbons (Fsp3) is 0.353. The maximum atomic E-state index is 4.26. The molecule has 100 valence electrons. The van der Waals surface area contributed by atoms with Crippen molar-refractivity contribution < 1.29 is 0 Å². The molecule has 1 atom stereocenters. The predicted octanol–water partition coefficient (Wildman–Crippen LogP) is 3.51. The second-order valence-corrected chi connectivity index (χ2v) is 5.19. The summed E-state index contributed by atoms with van der Waals surface area (Å²) in [4.78, 5) is 4.26. The molecular formula is C17H22N2. The molecule has 2 heteroatoms. The smallest absolute Gasteiger partial charge is 0.0375 e. The zero-order chi connectivity index (χ0) is 13.8. The first-order chi connectivity index (χ1) is 9.10. The van der Waals surface area contributed by atoms with Gasteiger partial charge in [-0.3, -0.25) is 4.98 Å². The predicted molar refractivity (Wildman–Crippen MR) is 80.4 cm³/mol. The van der Waals surface area contributed by atoms with Gasteiger partial charge in [-0.15, -0.1) is 0 Å². The minimum atomic E-state index is 0.337. The molecule has 0 saturated carbocycles. The standard InChI is InChI=1S/C17H22N2/c1-12-5-6-15(9-13(12)2)11-17(18-4)16-7-8-19-14(3)10-16/h5-10,17-18H,11H2,1-4H3. The summed E-state index contributed by atoms with van der Waals surface area (Å²) in [6.07, 6.45) is 2.89. The van der Waals surface area contributed by atoms with E-state index in [1.165, 1.54) is 22.3 Å². The topological polar surface area (TPSA) is 24.9 Å². The van der Waals surface area contributed by atoms with Gasteiger partial charge in [0.15, 0.2) is 0 Å². The molecule has 0 aliphatic heterocycles. The maximum absolute atomic E-state index is 4.26. The van der Waals surface area contributed by atoms with Gasteiger partial charge in [0.25, 0.3) is 0 Å². The minimum absolute atomic E-state index is 0.337. The molecule has 0 aliphatic carbocycles. The van der Waals surface area contributed by atoms with E-state index in [2.05, 4.69) is 54.5 Å². The van der Waals surface area contributed by atoms with Gasteiger partial charge in [0.2, 0.25) is 0 Å². The summed E-state index contributed by atoms with van der Waals surface area (Å²) in [6.45, 7) is 6.36. The highest BCUT2D eigenvalue weighted by Gasteiger charge is 2.10. The molecule has 1 N–H and O–H groups in total. The van der Waals surface area contributed by atoms with Crippen molar-refractivity contribution in [2.75, 3.05) is 7.05 Å². The molecule has 0 radical (unpaired) electrons. The van der Waals surface area contributed by atoms with E-state index in [1.807, 2.05) is 20.2 Å². The Hall–Kier alpha value is -1.67. The Labute approximate surface area is 115 Å². The van der Waals surface area contributed by atoms with Crippen molar-refractivity contribution in [3.8, 4) is 0 Å². The molecule has 0 amide bonds. The van der Waals surface area contributed by atoms with Crippen molar-refractivity contribution in [3.05, 3.63) is 64.5 Å². The summed E-state index contributed by atoms with van der Waals surface area (Å²) >= 11 is 0. The number of aryl methyl sites for hydroxylation is 3. The largest absolute Gasteiger partial charge is 0.313 e. The third-order valence-electron chi connectivity index (χ3n) is 3.68. The SMILES string of the molecule is CNC(Cc1ccc(C)c(C)c1)c1ccnc(C)c1. The van der Waals surface area contributed by atoms with Crippen LogP contribution >= 0.6 is 0 Å². The average Bonchev–Trinajstić information content (AvgIpc) is 2.40. The van der Waals surface area contributed by atoms with Crippen LogP contribution in [0.25, 0.3) is 0 Å². The second kappa shape index (κ2) is 5.98. The number of pyridine rings is 1. The number of likely N-dealkylation sites (N-methyl/N-ethyl adjacent to an activating group) is 1. The van der Waals surface area contributed by atoms with Gasteiger partial charge in [0, 0.05) is 17.9 Å². The summed E-state index contributed by atoms with van der Waals surface area (Å²) in [5, 5.41) is 3.40. The Bertz CT molecular complexity index is 561. The number of hydrogen-bond donors (Lipinski definition) is 1. The van der Waals surface area contributed by atoms with E-state index in [9.17, 15) is 0 Å². The van der Waals surface area contributed by atoms with E-state index in [-0.39, 0.29) is 0 Å². The Balaban J connectivity index is 2.21. The van der Waals surface area contributed by atoms with Crippen LogP contribution < -0.4 is 5.32 Å². The summed E-state index contributed by atoms with van der Waals surface area (Å²) in [7, 11) is 2.02. The monoisotopic (exact) mass is 254 g/mol. The van der Waals surface area contributed by atoms with Crippen molar-refractivity contribution in [2.45, 2.75) is 33.2 Å². The number of nitrogens with zero attached hydrogens (tertiary/aromatic N) is 1. The molecule has 0 aliphatic rings. The lowest BCUT2D eigenvalue weighted by Crippen LogP contribution is -2.19. The molecule has 1 unspecified atom stereocenters. The minimum Gasteiger partial charge on any atom is -0.313 e. The van der Waals surface area contributed by atoms with Crippen molar-refractivity contribution in [1.82, 2.24) is 10.3 Å². The van der Waals surface area contributed by atoms with Crippen LogP contribution in [0.3, 0.4) is 0 Å². The molecule has 0 fully saturated rings. The number of aromatic nitrogens is 1. The van der Waals surface area contributed by atoms with Gasteiger partial charge < -0.3 is 5.32 Å². The highest BCUT2D eigenvalue weighted by molar-refractivity contribution is 5.31. The first-order valence-corrected chi connectivity index (χ1v) is 6.76. The van der Waals surface area contributed by atoms with Crippen LogP contribution in [-0.4, -0.2) is 12.0 Å². The van der Waals surface area contributed by atoms with Gasteiger partial charge in [0.05, 0.1) is 0 Å². The number of benzene rings is 1. The summed E-state index contributed by atoms with van der Waals surface area (Å²) in [6, 6.07) is 11.3. The van der Waals surface area contributed by atoms with E-state index in [4.69, 9.17) is 0 Å². The van der Waals surface area contributed by atoms with Gasteiger partial charge in [-0.25, -0.2) is 0 Å². The zero-order valence-electron chi connectivity index (χ0n) is 12.2. The van der Waals surface area contributed by atoms with Gasteiger partial charge in [-0.05, 0) is 68.6 Å². The van der Waals surface area contributed by atoms with Crippen molar-refractivity contribution in [1.29, 1.82) is 0 Å². The third kappa shape index (κ3) is 3.42. The normalized spacial score (nSPS) is 12.4. The van der Waals surface area contributed by atoms with Crippen LogP contribution in [0.4, 0.5) is 0 Å². The van der Waals surface area contributed by atoms with E-state index in [0.29, 0.717) is 6.04 Å². The van der Waals surface area contributed by atoms with Crippen LogP contribution in [0.15, 0.2) is 36.5 Å². The van der Waals surface area contributed by atoms with E-state index >= 15 is 0 Å². The molecule has 2 rings (SSSR count). The van der Waals surface area contributed by atoms with Gasteiger partial charge in [-0.2, -0.15) is 0 Å². The fourth-order valence-electron chi connectivity index (χ4n) is 2.34. The van der Waals surface area contributed by atoms with Crippen molar-refractivity contribution in [3.63, 3.8) is 0 Å². The molecule has 2 aromatic rings. The fourth-order valence-corrected chi connectivity index (χ4v) is 2.34. The summed E-state index contributed by atoms with van der Waals surface area (Å²) in [5.74, 6) is 0. The van der Waals surface area contributed by atoms with Crippen molar-refractivity contribution >= 4 is 0 Å². The Morgan fingerprint density at radius 1 is 1.05 bits per heavy atom. The Kier molecular flexibility index (Phi) is 4.33. The highest BCUT2D eigenvalue weighted by Crippen LogP contribution is 2.20. The van der Waals surface area contributed by atoms with Crippen LogP contribution in [0.5, 0.6) is 0 Å². The zero-order valence-corrected chi connectivity index (χ0v) is 12.2. The summed E-state index contributed by atoms with van der Waals surface area (Å²) in [5.41, 5.74) is 6.45. The molecule has 0 saturated heterocycles. The van der Waals surface area contributed by atoms with Gasteiger partial charge >= 0.3 is 0 Å². The van der Waals surface area contributed by atoms with Crippen LogP contribution in [-0.2, 0) is 6.42 Å². The Morgan fingerprint density at radius 3 is 2.47 bits per heavy atom.